The van der Waals surface area contributed by atoms with Crippen LogP contribution in [0.5, 0.6) is 0 Å². The molecular formula is C19H20ClN3O2S. The van der Waals surface area contributed by atoms with Crippen LogP contribution in [0.3, 0.4) is 0 Å². The van der Waals surface area contributed by atoms with E-state index in [1.54, 1.807) is 23.1 Å². The minimum atomic E-state index is -0.192. The summed E-state index contributed by atoms with van der Waals surface area (Å²) in [6.45, 7) is 6.67. The van der Waals surface area contributed by atoms with Crippen LogP contribution < -0.4 is 5.56 Å². The highest BCUT2D eigenvalue weighted by molar-refractivity contribution is 7.16. The number of carbonyl (C=O) groups is 1. The number of hydrogen-bond acceptors (Lipinski definition) is 4. The van der Waals surface area contributed by atoms with Crippen molar-refractivity contribution in [1.29, 1.82) is 0 Å². The molecule has 0 N–H and O–H groups in total. The zero-order valence-corrected chi connectivity index (χ0v) is 16.5. The lowest BCUT2D eigenvalue weighted by Gasteiger charge is -2.21. The molecule has 0 saturated heterocycles. The molecule has 5 nitrogen and oxygen atoms in total. The molecule has 0 spiro atoms. The van der Waals surface area contributed by atoms with Crippen molar-refractivity contribution in [2.75, 3.05) is 6.54 Å². The molecule has 3 rings (SSSR count). The number of halogens is 1. The smallest absolute Gasteiger partial charge is 0.275 e. The van der Waals surface area contributed by atoms with Crippen molar-refractivity contribution in [1.82, 2.24) is 14.7 Å². The summed E-state index contributed by atoms with van der Waals surface area (Å²) in [5.74, 6) is -0.192. The fourth-order valence-corrected chi connectivity index (χ4v) is 3.92. The Hall–Kier alpha value is -2.18. The number of nitrogens with zero attached hydrogens (tertiary/aromatic N) is 3. The minimum absolute atomic E-state index is 0.134. The highest BCUT2D eigenvalue weighted by atomic mass is 35.5. The van der Waals surface area contributed by atoms with Gasteiger partial charge in [-0.2, -0.15) is 5.10 Å². The van der Waals surface area contributed by atoms with Gasteiger partial charge in [0.2, 0.25) is 0 Å². The van der Waals surface area contributed by atoms with E-state index in [2.05, 4.69) is 5.10 Å². The number of carbonyl (C=O) groups excluding carboxylic acids is 1. The first-order valence-electron chi connectivity index (χ1n) is 8.47. The lowest BCUT2D eigenvalue weighted by Crippen LogP contribution is -2.34. The highest BCUT2D eigenvalue weighted by Crippen LogP contribution is 2.24. The van der Waals surface area contributed by atoms with E-state index in [1.165, 1.54) is 16.0 Å². The summed E-state index contributed by atoms with van der Waals surface area (Å²) < 4.78 is 2.08. The zero-order chi connectivity index (χ0) is 18.8. The molecular weight excluding hydrogens is 370 g/mol. The predicted molar refractivity (Wildman–Crippen MR) is 106 cm³/mol. The average Bonchev–Trinajstić information content (AvgIpc) is 3.04. The number of hydrogen-bond donors (Lipinski definition) is 0. The van der Waals surface area contributed by atoms with Crippen LogP contribution in [0.1, 0.15) is 42.2 Å². The number of aromatic nitrogens is 2. The Balaban J connectivity index is 2.09. The monoisotopic (exact) mass is 389 g/mol. The van der Waals surface area contributed by atoms with E-state index >= 15 is 0 Å². The Bertz CT molecular complexity index is 1010. The van der Waals surface area contributed by atoms with E-state index in [9.17, 15) is 9.59 Å². The molecule has 0 saturated carbocycles. The fourth-order valence-electron chi connectivity index (χ4n) is 2.82. The molecule has 2 heterocycles. The fraction of sp³-hybridized carbons (Fsp3) is 0.316. The maximum Gasteiger partial charge on any atom is 0.275 e. The standard InChI is InChI=1S/C19H20ClN3O2S/c1-4-22(11-13-9-10-16(20)26-13)19(25)17-14-7-5-6-8-15(14)18(24)23(21-17)12(2)3/h5-10,12H,4,11H2,1-3H3. The topological polar surface area (TPSA) is 55.2 Å². The third-order valence-corrected chi connectivity index (χ3v) is 5.38. The van der Waals surface area contributed by atoms with Gasteiger partial charge < -0.3 is 4.90 Å². The van der Waals surface area contributed by atoms with Crippen molar-refractivity contribution in [3.05, 3.63) is 61.7 Å². The maximum atomic E-state index is 13.2. The normalized spacial score (nSPS) is 11.3. The van der Waals surface area contributed by atoms with Gasteiger partial charge in [-0.05, 0) is 39.0 Å². The van der Waals surface area contributed by atoms with Gasteiger partial charge >= 0.3 is 0 Å². The molecule has 7 heteroatoms. The number of amides is 1. The van der Waals surface area contributed by atoms with Gasteiger partial charge in [0, 0.05) is 16.8 Å². The van der Waals surface area contributed by atoms with E-state index in [0.717, 1.165) is 4.88 Å². The van der Waals surface area contributed by atoms with Gasteiger partial charge in [-0.25, -0.2) is 4.68 Å². The molecule has 0 aliphatic rings. The lowest BCUT2D eigenvalue weighted by molar-refractivity contribution is 0.0747. The summed E-state index contributed by atoms with van der Waals surface area (Å²) in [4.78, 5) is 28.6. The Morgan fingerprint density at radius 1 is 1.23 bits per heavy atom. The van der Waals surface area contributed by atoms with Crippen LogP contribution in [-0.2, 0) is 6.54 Å². The van der Waals surface area contributed by atoms with E-state index in [0.29, 0.717) is 33.9 Å². The first-order chi connectivity index (χ1) is 12.4. The molecule has 136 valence electrons. The summed E-state index contributed by atoms with van der Waals surface area (Å²) >= 11 is 7.45. The van der Waals surface area contributed by atoms with Gasteiger partial charge in [-0.1, -0.05) is 29.8 Å². The quantitative estimate of drug-likeness (QED) is 0.651. The van der Waals surface area contributed by atoms with Crippen LogP contribution >= 0.6 is 22.9 Å². The van der Waals surface area contributed by atoms with Crippen LogP contribution in [0.25, 0.3) is 10.8 Å². The van der Waals surface area contributed by atoms with Gasteiger partial charge in [0.1, 0.15) is 0 Å². The van der Waals surface area contributed by atoms with Crippen LogP contribution in [0.2, 0.25) is 4.34 Å². The second-order valence-corrected chi connectivity index (χ2v) is 8.06. The second kappa shape index (κ2) is 7.60. The van der Waals surface area contributed by atoms with Crippen molar-refractivity contribution >= 4 is 39.6 Å². The van der Waals surface area contributed by atoms with Gasteiger partial charge in [-0.3, -0.25) is 9.59 Å². The average molecular weight is 390 g/mol. The number of rotatable bonds is 5. The highest BCUT2D eigenvalue weighted by Gasteiger charge is 2.22. The summed E-state index contributed by atoms with van der Waals surface area (Å²) in [5, 5.41) is 5.50. The molecule has 26 heavy (non-hydrogen) atoms. The second-order valence-electron chi connectivity index (χ2n) is 6.26. The molecule has 0 unspecified atom stereocenters. The van der Waals surface area contributed by atoms with Crippen molar-refractivity contribution in [2.45, 2.75) is 33.4 Å². The first-order valence-corrected chi connectivity index (χ1v) is 9.66. The van der Waals surface area contributed by atoms with E-state index in [-0.39, 0.29) is 17.5 Å². The molecule has 1 aromatic carbocycles. The summed E-state index contributed by atoms with van der Waals surface area (Å²) in [7, 11) is 0. The zero-order valence-electron chi connectivity index (χ0n) is 14.9. The summed E-state index contributed by atoms with van der Waals surface area (Å²) in [6, 6.07) is 10.7. The van der Waals surface area contributed by atoms with E-state index in [1.807, 2.05) is 39.0 Å². The summed E-state index contributed by atoms with van der Waals surface area (Å²) in [5.41, 5.74) is 0.124. The van der Waals surface area contributed by atoms with E-state index < -0.39 is 0 Å². The van der Waals surface area contributed by atoms with Gasteiger partial charge in [0.05, 0.1) is 22.3 Å². The SMILES string of the molecule is CCN(Cc1ccc(Cl)s1)C(=O)c1nn(C(C)C)c(=O)c2ccccc12. The van der Waals surface area contributed by atoms with Gasteiger partial charge in [0.15, 0.2) is 5.69 Å². The molecule has 0 fully saturated rings. The maximum absolute atomic E-state index is 13.2. The molecule has 1 amide bonds. The van der Waals surface area contributed by atoms with Gasteiger partial charge in [-0.15, -0.1) is 11.3 Å². The Labute approximate surface area is 160 Å². The lowest BCUT2D eigenvalue weighted by atomic mass is 10.1. The first kappa shape index (κ1) is 18.6. The predicted octanol–water partition coefficient (Wildman–Crippen LogP) is 4.35. The van der Waals surface area contributed by atoms with Crippen molar-refractivity contribution in [3.8, 4) is 0 Å². The number of fused-ring (bicyclic) bond motifs is 1. The Kier molecular flexibility index (Phi) is 5.44. The molecule has 0 aliphatic carbocycles. The molecule has 0 bridgehead atoms. The molecule has 0 radical (unpaired) electrons. The third kappa shape index (κ3) is 3.52. The minimum Gasteiger partial charge on any atom is -0.332 e. The Morgan fingerprint density at radius 3 is 2.50 bits per heavy atom. The third-order valence-electron chi connectivity index (χ3n) is 4.16. The number of thiophene rings is 1. The molecule has 3 aromatic rings. The van der Waals surface area contributed by atoms with Crippen molar-refractivity contribution in [2.24, 2.45) is 0 Å². The Morgan fingerprint density at radius 2 is 1.92 bits per heavy atom. The summed E-state index contributed by atoms with van der Waals surface area (Å²) in [6.07, 6.45) is 0. The largest absolute Gasteiger partial charge is 0.332 e. The molecule has 0 aliphatic heterocycles. The van der Waals surface area contributed by atoms with Gasteiger partial charge in [0.25, 0.3) is 11.5 Å². The number of benzene rings is 1. The van der Waals surface area contributed by atoms with Crippen LogP contribution in [0.15, 0.2) is 41.2 Å². The van der Waals surface area contributed by atoms with Crippen molar-refractivity contribution < 1.29 is 4.79 Å². The van der Waals surface area contributed by atoms with Crippen LogP contribution in [0, 0.1) is 0 Å². The molecule has 0 atom stereocenters. The van der Waals surface area contributed by atoms with Crippen LogP contribution in [0.4, 0.5) is 0 Å². The van der Waals surface area contributed by atoms with Crippen molar-refractivity contribution in [3.63, 3.8) is 0 Å². The van der Waals surface area contributed by atoms with Crippen LogP contribution in [-0.4, -0.2) is 27.1 Å². The van der Waals surface area contributed by atoms with E-state index in [4.69, 9.17) is 11.6 Å². The molecule has 2 aromatic heterocycles.